The van der Waals surface area contributed by atoms with Crippen LogP contribution < -0.4 is 10.6 Å². The molecular weight excluding hydrogens is 200 g/mol. The van der Waals surface area contributed by atoms with Gasteiger partial charge in [0.1, 0.15) is 0 Å². The van der Waals surface area contributed by atoms with E-state index in [0.29, 0.717) is 12.1 Å². The van der Waals surface area contributed by atoms with Crippen LogP contribution in [0.5, 0.6) is 0 Å². The van der Waals surface area contributed by atoms with Crippen molar-refractivity contribution >= 4 is 0 Å². The Labute approximate surface area is 97.4 Å². The predicted octanol–water partition coefficient (Wildman–Crippen LogP) is 1.13. The van der Waals surface area contributed by atoms with Crippen LogP contribution in [-0.2, 0) is 7.05 Å². The summed E-state index contributed by atoms with van der Waals surface area (Å²) in [6.07, 6.45) is 4.52. The molecule has 0 aliphatic carbocycles. The Morgan fingerprint density at radius 3 is 3.00 bits per heavy atom. The van der Waals surface area contributed by atoms with Gasteiger partial charge in [-0.2, -0.15) is 5.10 Å². The van der Waals surface area contributed by atoms with E-state index in [1.165, 1.54) is 30.6 Å². The summed E-state index contributed by atoms with van der Waals surface area (Å²) in [5, 5.41) is 11.4. The molecule has 90 valence electrons. The molecule has 16 heavy (non-hydrogen) atoms. The molecule has 4 heteroatoms. The number of nitrogens with one attached hydrogen (secondary N) is 2. The van der Waals surface area contributed by atoms with E-state index in [1.54, 1.807) is 0 Å². The van der Waals surface area contributed by atoms with Crippen LogP contribution in [0.1, 0.15) is 37.1 Å². The monoisotopic (exact) mass is 222 g/mol. The van der Waals surface area contributed by atoms with Crippen LogP contribution in [-0.4, -0.2) is 28.9 Å². The first-order valence-corrected chi connectivity index (χ1v) is 6.13. The zero-order valence-electron chi connectivity index (χ0n) is 10.5. The average Bonchev–Trinajstić information content (AvgIpc) is 2.61. The van der Waals surface area contributed by atoms with Crippen LogP contribution in [0.2, 0.25) is 0 Å². The Morgan fingerprint density at radius 1 is 1.62 bits per heavy atom. The van der Waals surface area contributed by atoms with Crippen molar-refractivity contribution in [3.63, 3.8) is 0 Å². The summed E-state index contributed by atoms with van der Waals surface area (Å²) in [5.41, 5.74) is 2.57. The van der Waals surface area contributed by atoms with Crippen LogP contribution in [0.3, 0.4) is 0 Å². The van der Waals surface area contributed by atoms with Crippen LogP contribution in [0.25, 0.3) is 0 Å². The maximum absolute atomic E-state index is 4.29. The summed E-state index contributed by atoms with van der Waals surface area (Å²) in [4.78, 5) is 0. The third kappa shape index (κ3) is 2.44. The molecule has 0 saturated carbocycles. The molecule has 1 saturated heterocycles. The smallest absolute Gasteiger partial charge is 0.0540 e. The molecule has 0 amide bonds. The first-order valence-electron chi connectivity index (χ1n) is 6.13. The molecule has 2 N–H and O–H groups in total. The highest BCUT2D eigenvalue weighted by Gasteiger charge is 2.18. The standard InChI is InChI=1S/C12H22N4/c1-9(12-8-14-16(3)10(12)2)15-11-5-4-6-13-7-11/h8-9,11,13,15H,4-7H2,1-3H3. The van der Waals surface area contributed by atoms with Crippen LogP contribution in [0, 0.1) is 6.92 Å². The van der Waals surface area contributed by atoms with Gasteiger partial charge in [0.25, 0.3) is 0 Å². The second kappa shape index (κ2) is 4.97. The Bertz CT molecular complexity index is 339. The van der Waals surface area contributed by atoms with Gasteiger partial charge in [-0.15, -0.1) is 0 Å². The first kappa shape index (κ1) is 11.6. The number of hydrogen-bond acceptors (Lipinski definition) is 3. The second-order valence-electron chi connectivity index (χ2n) is 4.74. The summed E-state index contributed by atoms with van der Waals surface area (Å²) < 4.78 is 1.94. The summed E-state index contributed by atoms with van der Waals surface area (Å²) >= 11 is 0. The van der Waals surface area contributed by atoms with Gasteiger partial charge in [-0.25, -0.2) is 0 Å². The summed E-state index contributed by atoms with van der Waals surface area (Å²) in [6.45, 7) is 6.60. The average molecular weight is 222 g/mol. The fourth-order valence-electron chi connectivity index (χ4n) is 2.38. The van der Waals surface area contributed by atoms with Gasteiger partial charge in [-0.3, -0.25) is 4.68 Å². The Hall–Kier alpha value is -0.870. The molecule has 1 aliphatic rings. The van der Waals surface area contributed by atoms with E-state index >= 15 is 0 Å². The van der Waals surface area contributed by atoms with Crippen molar-refractivity contribution in [1.29, 1.82) is 0 Å². The van der Waals surface area contributed by atoms with Crippen molar-refractivity contribution in [2.75, 3.05) is 13.1 Å². The third-order valence-corrected chi connectivity index (χ3v) is 3.52. The lowest BCUT2D eigenvalue weighted by Gasteiger charge is -2.27. The maximum Gasteiger partial charge on any atom is 0.0540 e. The molecule has 0 spiro atoms. The van der Waals surface area contributed by atoms with Gasteiger partial charge in [0.15, 0.2) is 0 Å². The quantitative estimate of drug-likeness (QED) is 0.805. The van der Waals surface area contributed by atoms with Crippen LogP contribution in [0.15, 0.2) is 6.20 Å². The minimum atomic E-state index is 0.388. The number of nitrogens with zero attached hydrogens (tertiary/aromatic N) is 2. The molecule has 0 bridgehead atoms. The second-order valence-corrected chi connectivity index (χ2v) is 4.74. The summed E-state index contributed by atoms with van der Waals surface area (Å²) in [6, 6.07) is 0.988. The van der Waals surface area contributed by atoms with Crippen LogP contribution in [0.4, 0.5) is 0 Å². The molecule has 0 aromatic carbocycles. The zero-order chi connectivity index (χ0) is 11.5. The third-order valence-electron chi connectivity index (χ3n) is 3.52. The number of rotatable bonds is 3. The van der Waals surface area contributed by atoms with Gasteiger partial charge < -0.3 is 10.6 Å². The zero-order valence-corrected chi connectivity index (χ0v) is 10.5. The van der Waals surface area contributed by atoms with Crippen molar-refractivity contribution < 1.29 is 0 Å². The molecule has 1 fully saturated rings. The first-order chi connectivity index (χ1) is 7.68. The molecule has 2 heterocycles. The van der Waals surface area contributed by atoms with E-state index in [-0.39, 0.29) is 0 Å². The van der Waals surface area contributed by atoms with E-state index in [0.717, 1.165) is 6.54 Å². The van der Waals surface area contributed by atoms with Gasteiger partial charge in [0.05, 0.1) is 6.20 Å². The molecule has 0 radical (unpaired) electrons. The Kier molecular flexibility index (Phi) is 3.61. The van der Waals surface area contributed by atoms with Gasteiger partial charge in [0, 0.05) is 36.9 Å². The van der Waals surface area contributed by atoms with E-state index in [2.05, 4.69) is 29.6 Å². The summed E-state index contributed by atoms with van der Waals surface area (Å²) in [5.74, 6) is 0. The maximum atomic E-state index is 4.29. The number of hydrogen-bond donors (Lipinski definition) is 2. The molecule has 4 nitrogen and oxygen atoms in total. The van der Waals surface area contributed by atoms with E-state index in [1.807, 2.05) is 17.9 Å². The van der Waals surface area contributed by atoms with Crippen molar-refractivity contribution in [2.45, 2.75) is 38.8 Å². The highest BCUT2D eigenvalue weighted by Crippen LogP contribution is 2.17. The van der Waals surface area contributed by atoms with Gasteiger partial charge in [0.2, 0.25) is 0 Å². The lowest BCUT2D eigenvalue weighted by atomic mass is 10.0. The number of aromatic nitrogens is 2. The predicted molar refractivity (Wildman–Crippen MR) is 65.4 cm³/mol. The van der Waals surface area contributed by atoms with E-state index in [4.69, 9.17) is 0 Å². The molecular formula is C12H22N4. The van der Waals surface area contributed by atoms with Gasteiger partial charge >= 0.3 is 0 Å². The van der Waals surface area contributed by atoms with Crippen LogP contribution >= 0.6 is 0 Å². The molecule has 2 rings (SSSR count). The number of piperidine rings is 1. The molecule has 1 aromatic heterocycles. The van der Waals surface area contributed by atoms with E-state index in [9.17, 15) is 0 Å². The SMILES string of the molecule is Cc1c(C(C)NC2CCCNC2)cnn1C. The van der Waals surface area contributed by atoms with Crippen molar-refractivity contribution in [3.05, 3.63) is 17.5 Å². The van der Waals surface area contributed by atoms with Crippen molar-refractivity contribution in [2.24, 2.45) is 7.05 Å². The minimum absolute atomic E-state index is 0.388. The van der Waals surface area contributed by atoms with Gasteiger partial charge in [-0.1, -0.05) is 0 Å². The van der Waals surface area contributed by atoms with E-state index < -0.39 is 0 Å². The molecule has 1 aliphatic heterocycles. The topological polar surface area (TPSA) is 41.9 Å². The van der Waals surface area contributed by atoms with Crippen molar-refractivity contribution in [1.82, 2.24) is 20.4 Å². The lowest BCUT2D eigenvalue weighted by molar-refractivity contribution is 0.361. The normalized spacial score (nSPS) is 23.3. The summed E-state index contributed by atoms with van der Waals surface area (Å²) in [7, 11) is 1.99. The largest absolute Gasteiger partial charge is 0.315 e. The fourth-order valence-corrected chi connectivity index (χ4v) is 2.38. The lowest BCUT2D eigenvalue weighted by Crippen LogP contribution is -2.44. The van der Waals surface area contributed by atoms with Gasteiger partial charge in [-0.05, 0) is 33.2 Å². The minimum Gasteiger partial charge on any atom is -0.315 e. The Morgan fingerprint density at radius 2 is 2.44 bits per heavy atom. The number of aryl methyl sites for hydroxylation is 1. The fraction of sp³-hybridized carbons (Fsp3) is 0.750. The highest BCUT2D eigenvalue weighted by molar-refractivity contribution is 5.19. The highest BCUT2D eigenvalue weighted by atomic mass is 15.3. The van der Waals surface area contributed by atoms with Crippen molar-refractivity contribution in [3.8, 4) is 0 Å². The molecule has 2 atom stereocenters. The molecule has 2 unspecified atom stereocenters. The Balaban J connectivity index is 1.96. The molecule has 1 aromatic rings.